The Morgan fingerprint density at radius 3 is 2.50 bits per heavy atom. The number of amides is 1. The number of rotatable bonds is 5. The van der Waals surface area contributed by atoms with Crippen molar-refractivity contribution in [1.29, 1.82) is 0 Å². The molecule has 0 spiro atoms. The van der Waals surface area contributed by atoms with Gasteiger partial charge in [0.15, 0.2) is 0 Å². The topological polar surface area (TPSA) is 66.4 Å². The molecule has 1 fully saturated rings. The lowest BCUT2D eigenvalue weighted by Gasteiger charge is -2.26. The second-order valence-electron chi connectivity index (χ2n) is 6.49. The summed E-state index contributed by atoms with van der Waals surface area (Å²) in [5.41, 5.74) is 0.991. The number of carboxylic acid groups (broad SMARTS) is 1. The highest BCUT2D eigenvalue weighted by Gasteiger charge is 2.32. The Labute approximate surface area is 131 Å². The zero-order valence-corrected chi connectivity index (χ0v) is 13.2. The van der Waals surface area contributed by atoms with Crippen molar-refractivity contribution in [3.8, 4) is 0 Å². The maximum Gasteiger partial charge on any atom is 0.335 e. The van der Waals surface area contributed by atoms with Gasteiger partial charge in [-0.1, -0.05) is 44.7 Å². The van der Waals surface area contributed by atoms with E-state index in [9.17, 15) is 9.59 Å². The maximum absolute atomic E-state index is 12.4. The van der Waals surface area contributed by atoms with Crippen LogP contribution in [0.3, 0.4) is 0 Å². The Morgan fingerprint density at radius 1 is 1.18 bits per heavy atom. The first kappa shape index (κ1) is 16.5. The summed E-state index contributed by atoms with van der Waals surface area (Å²) >= 11 is 0. The summed E-state index contributed by atoms with van der Waals surface area (Å²) in [6.07, 6.45) is 7.30. The molecule has 0 heterocycles. The van der Waals surface area contributed by atoms with Crippen LogP contribution >= 0.6 is 0 Å². The number of nitrogens with one attached hydrogen (secondary N) is 1. The third kappa shape index (κ3) is 4.33. The molecule has 2 N–H and O–H groups in total. The highest BCUT2D eigenvalue weighted by molar-refractivity contribution is 5.87. The first-order valence-electron chi connectivity index (χ1n) is 8.12. The van der Waals surface area contributed by atoms with E-state index in [0.29, 0.717) is 18.5 Å². The monoisotopic (exact) mass is 303 g/mol. The SMILES string of the molecule is CC1(C(=O)NCCc2cccc(C(=O)O)c2)CCCCCC1. The van der Waals surface area contributed by atoms with Crippen molar-refractivity contribution >= 4 is 11.9 Å². The van der Waals surface area contributed by atoms with Gasteiger partial charge in [-0.25, -0.2) is 4.79 Å². The van der Waals surface area contributed by atoms with Crippen molar-refractivity contribution in [3.63, 3.8) is 0 Å². The number of aromatic carboxylic acids is 1. The molecule has 1 saturated carbocycles. The lowest BCUT2D eigenvalue weighted by Crippen LogP contribution is -2.39. The zero-order chi connectivity index (χ0) is 16.0. The molecule has 0 unspecified atom stereocenters. The minimum Gasteiger partial charge on any atom is -0.478 e. The molecule has 22 heavy (non-hydrogen) atoms. The zero-order valence-electron chi connectivity index (χ0n) is 13.2. The summed E-state index contributed by atoms with van der Waals surface area (Å²) < 4.78 is 0. The van der Waals surface area contributed by atoms with Crippen LogP contribution in [0.4, 0.5) is 0 Å². The van der Waals surface area contributed by atoms with Gasteiger partial charge in [-0.05, 0) is 37.0 Å². The summed E-state index contributed by atoms with van der Waals surface area (Å²) in [6.45, 7) is 2.62. The average molecular weight is 303 g/mol. The molecule has 2 rings (SSSR count). The standard InChI is InChI=1S/C18H25NO3/c1-18(10-4-2-3-5-11-18)17(22)19-12-9-14-7-6-8-15(13-14)16(20)21/h6-8,13H,2-5,9-12H2,1H3,(H,19,22)(H,20,21). The molecule has 1 aliphatic rings. The van der Waals surface area contributed by atoms with Gasteiger partial charge in [0.05, 0.1) is 5.56 Å². The third-order valence-electron chi connectivity index (χ3n) is 4.63. The van der Waals surface area contributed by atoms with Gasteiger partial charge >= 0.3 is 5.97 Å². The molecule has 1 aromatic rings. The summed E-state index contributed by atoms with van der Waals surface area (Å²) in [5, 5.41) is 12.0. The lowest BCUT2D eigenvalue weighted by atomic mass is 9.81. The van der Waals surface area contributed by atoms with Crippen molar-refractivity contribution in [1.82, 2.24) is 5.32 Å². The van der Waals surface area contributed by atoms with Gasteiger partial charge in [-0.3, -0.25) is 4.79 Å². The number of carbonyl (C=O) groups is 2. The van der Waals surface area contributed by atoms with E-state index in [4.69, 9.17) is 5.11 Å². The Morgan fingerprint density at radius 2 is 1.86 bits per heavy atom. The fourth-order valence-electron chi connectivity index (χ4n) is 3.13. The van der Waals surface area contributed by atoms with E-state index < -0.39 is 5.97 Å². The van der Waals surface area contributed by atoms with E-state index in [1.807, 2.05) is 6.07 Å². The summed E-state index contributed by atoms with van der Waals surface area (Å²) in [7, 11) is 0. The van der Waals surface area contributed by atoms with Crippen LogP contribution in [0.15, 0.2) is 24.3 Å². The van der Waals surface area contributed by atoms with Crippen LogP contribution in [0.1, 0.15) is 61.4 Å². The van der Waals surface area contributed by atoms with Gasteiger partial charge in [-0.15, -0.1) is 0 Å². The Hall–Kier alpha value is -1.84. The van der Waals surface area contributed by atoms with Crippen molar-refractivity contribution in [3.05, 3.63) is 35.4 Å². The Balaban J connectivity index is 1.86. The largest absolute Gasteiger partial charge is 0.478 e. The van der Waals surface area contributed by atoms with Crippen molar-refractivity contribution in [2.75, 3.05) is 6.54 Å². The molecule has 0 aromatic heterocycles. The second-order valence-corrected chi connectivity index (χ2v) is 6.49. The van der Waals surface area contributed by atoms with Crippen LogP contribution in [0.5, 0.6) is 0 Å². The predicted octanol–water partition coefficient (Wildman–Crippen LogP) is 3.40. The van der Waals surface area contributed by atoms with Crippen LogP contribution in [0.2, 0.25) is 0 Å². The molecule has 0 radical (unpaired) electrons. The fraction of sp³-hybridized carbons (Fsp3) is 0.556. The van der Waals surface area contributed by atoms with Gasteiger partial charge in [0, 0.05) is 12.0 Å². The number of hydrogen-bond donors (Lipinski definition) is 2. The Bertz CT molecular complexity index is 531. The van der Waals surface area contributed by atoms with Gasteiger partial charge in [-0.2, -0.15) is 0 Å². The van der Waals surface area contributed by atoms with E-state index in [2.05, 4.69) is 12.2 Å². The molecule has 0 atom stereocenters. The predicted molar refractivity (Wildman–Crippen MR) is 85.9 cm³/mol. The quantitative estimate of drug-likeness (QED) is 0.819. The molecular formula is C18H25NO3. The van der Waals surface area contributed by atoms with Crippen molar-refractivity contribution < 1.29 is 14.7 Å². The van der Waals surface area contributed by atoms with Crippen LogP contribution in [0, 0.1) is 5.41 Å². The van der Waals surface area contributed by atoms with Crippen molar-refractivity contribution in [2.24, 2.45) is 5.41 Å². The third-order valence-corrected chi connectivity index (χ3v) is 4.63. The molecule has 4 nitrogen and oxygen atoms in total. The van der Waals surface area contributed by atoms with E-state index in [-0.39, 0.29) is 11.3 Å². The molecule has 1 aliphatic carbocycles. The van der Waals surface area contributed by atoms with Gasteiger partial charge < -0.3 is 10.4 Å². The minimum atomic E-state index is -0.920. The lowest BCUT2D eigenvalue weighted by molar-refractivity contribution is -0.130. The number of hydrogen-bond acceptors (Lipinski definition) is 2. The molecule has 1 aromatic carbocycles. The molecule has 120 valence electrons. The average Bonchev–Trinajstić information content (AvgIpc) is 2.73. The maximum atomic E-state index is 12.4. The number of carbonyl (C=O) groups excluding carboxylic acids is 1. The molecule has 0 bridgehead atoms. The molecule has 4 heteroatoms. The van der Waals surface area contributed by atoms with Crippen LogP contribution in [-0.4, -0.2) is 23.5 Å². The van der Waals surface area contributed by atoms with Gasteiger partial charge in [0.25, 0.3) is 0 Å². The summed E-state index contributed by atoms with van der Waals surface area (Å²) in [6, 6.07) is 6.89. The number of benzene rings is 1. The van der Waals surface area contributed by atoms with E-state index in [1.54, 1.807) is 18.2 Å². The van der Waals surface area contributed by atoms with Crippen LogP contribution < -0.4 is 5.32 Å². The smallest absolute Gasteiger partial charge is 0.335 e. The van der Waals surface area contributed by atoms with Gasteiger partial charge in [0.1, 0.15) is 0 Å². The van der Waals surface area contributed by atoms with Crippen LogP contribution in [-0.2, 0) is 11.2 Å². The molecule has 1 amide bonds. The van der Waals surface area contributed by atoms with E-state index in [0.717, 1.165) is 31.2 Å². The summed E-state index contributed by atoms with van der Waals surface area (Å²) in [5.74, 6) is -0.777. The van der Waals surface area contributed by atoms with E-state index >= 15 is 0 Å². The van der Waals surface area contributed by atoms with Gasteiger partial charge in [0.2, 0.25) is 5.91 Å². The highest BCUT2D eigenvalue weighted by atomic mass is 16.4. The Kier molecular flexibility index (Phi) is 5.58. The molecule has 0 saturated heterocycles. The second kappa shape index (κ2) is 7.43. The van der Waals surface area contributed by atoms with Crippen molar-refractivity contribution in [2.45, 2.75) is 51.9 Å². The fourth-order valence-corrected chi connectivity index (χ4v) is 3.13. The van der Waals surface area contributed by atoms with Crippen LogP contribution in [0.25, 0.3) is 0 Å². The minimum absolute atomic E-state index is 0.142. The molecular weight excluding hydrogens is 278 g/mol. The summed E-state index contributed by atoms with van der Waals surface area (Å²) in [4.78, 5) is 23.4. The highest BCUT2D eigenvalue weighted by Crippen LogP contribution is 2.34. The number of carboxylic acids is 1. The molecule has 0 aliphatic heterocycles. The first-order chi connectivity index (χ1) is 10.5. The first-order valence-corrected chi connectivity index (χ1v) is 8.12. The normalized spacial score (nSPS) is 17.5. The van der Waals surface area contributed by atoms with E-state index in [1.165, 1.54) is 12.8 Å².